The average Bonchev–Trinajstić information content (AvgIpc) is 2.92. The Morgan fingerprint density at radius 1 is 1.07 bits per heavy atom. The van der Waals surface area contributed by atoms with Crippen LogP contribution in [0.25, 0.3) is 0 Å². The number of esters is 1. The summed E-state index contributed by atoms with van der Waals surface area (Å²) in [6, 6.07) is 0. The van der Waals surface area contributed by atoms with Gasteiger partial charge in [0.05, 0.1) is 0 Å². The van der Waals surface area contributed by atoms with Crippen LogP contribution in [0.15, 0.2) is 0 Å². The molecule has 1 N–H and O–H groups in total. The third-order valence-corrected chi connectivity index (χ3v) is 9.00. The van der Waals surface area contributed by atoms with Gasteiger partial charge in [-0.15, -0.1) is 0 Å². The topological polar surface area (TPSA) is 63.6 Å². The lowest BCUT2D eigenvalue weighted by molar-refractivity contribution is -0.251. The number of hydrogen-bond acceptors (Lipinski definition) is 4. The molecule has 1 heterocycles. The Balaban J connectivity index is 1.69. The minimum atomic E-state index is -0.939. The molecular formula is C23H36O4. The highest BCUT2D eigenvalue weighted by Gasteiger charge is 2.66. The predicted molar refractivity (Wildman–Crippen MR) is 103 cm³/mol. The largest absolute Gasteiger partial charge is 0.459 e. The Morgan fingerprint density at radius 3 is 2.59 bits per heavy atom. The van der Waals surface area contributed by atoms with Crippen molar-refractivity contribution in [2.75, 3.05) is 0 Å². The van der Waals surface area contributed by atoms with Gasteiger partial charge in [-0.1, -0.05) is 40.0 Å². The second-order valence-corrected chi connectivity index (χ2v) is 10.4. The van der Waals surface area contributed by atoms with Gasteiger partial charge in [0, 0.05) is 23.7 Å². The highest BCUT2D eigenvalue weighted by Crippen LogP contribution is 2.65. The Morgan fingerprint density at radius 2 is 1.85 bits per heavy atom. The van der Waals surface area contributed by atoms with Gasteiger partial charge >= 0.3 is 5.97 Å². The normalized spacial score (nSPS) is 49.2. The minimum absolute atomic E-state index is 0.151. The van der Waals surface area contributed by atoms with E-state index in [9.17, 15) is 14.7 Å². The third-order valence-electron chi connectivity index (χ3n) is 9.00. The molecule has 7 atom stereocenters. The molecule has 0 aromatic carbocycles. The maximum atomic E-state index is 12.7. The lowest BCUT2D eigenvalue weighted by atomic mass is 9.45. The van der Waals surface area contributed by atoms with Gasteiger partial charge in [0.15, 0.2) is 0 Å². The maximum absolute atomic E-state index is 12.7. The summed E-state index contributed by atoms with van der Waals surface area (Å²) in [4.78, 5) is 24.8. The predicted octanol–water partition coefficient (Wildman–Crippen LogP) is 4.43. The van der Waals surface area contributed by atoms with Gasteiger partial charge in [-0.05, 0) is 56.3 Å². The van der Waals surface area contributed by atoms with Gasteiger partial charge in [-0.25, -0.2) is 0 Å². The molecule has 152 valence electrons. The van der Waals surface area contributed by atoms with E-state index in [0.29, 0.717) is 49.2 Å². The number of Topliss-reactive ketones (excluding diaryl/α,β-unsaturated/α-hetero) is 1. The molecule has 0 spiro atoms. The number of rotatable bonds is 4. The van der Waals surface area contributed by atoms with Crippen molar-refractivity contribution in [3.8, 4) is 0 Å². The molecule has 1 saturated heterocycles. The molecule has 4 aliphatic rings. The zero-order chi connectivity index (χ0) is 19.4. The average molecular weight is 377 g/mol. The van der Waals surface area contributed by atoms with E-state index in [4.69, 9.17) is 4.74 Å². The van der Waals surface area contributed by atoms with E-state index in [1.54, 1.807) is 0 Å². The SMILES string of the molecule is CCCCCC1(O)CC2C3CCC(=O)C3(C)CCC2C2(C)CCC(=O)OC12. The standard InChI is InChI=1S/C23H36O4/c1-4-5-6-11-23(26)14-15-16-7-8-18(24)21(16,2)12-9-17(15)22(3)13-10-19(25)27-20(22)23/h15-17,20,26H,4-14H2,1-3H3. The summed E-state index contributed by atoms with van der Waals surface area (Å²) in [5.74, 6) is 1.49. The molecule has 0 amide bonds. The number of aliphatic hydroxyl groups is 1. The molecule has 1 aliphatic heterocycles. The highest BCUT2D eigenvalue weighted by atomic mass is 16.6. The number of carbonyl (C=O) groups excluding carboxylic acids is 2. The zero-order valence-corrected chi connectivity index (χ0v) is 17.3. The lowest BCUT2D eigenvalue weighted by Crippen LogP contribution is -2.66. The van der Waals surface area contributed by atoms with Crippen molar-refractivity contribution in [1.82, 2.24) is 0 Å². The molecule has 27 heavy (non-hydrogen) atoms. The van der Waals surface area contributed by atoms with Crippen molar-refractivity contribution in [2.45, 2.75) is 103 Å². The van der Waals surface area contributed by atoms with E-state index in [2.05, 4.69) is 20.8 Å². The monoisotopic (exact) mass is 376 g/mol. The van der Waals surface area contributed by atoms with Crippen LogP contribution < -0.4 is 0 Å². The van der Waals surface area contributed by atoms with E-state index in [-0.39, 0.29) is 22.9 Å². The first-order valence-electron chi connectivity index (χ1n) is 11.2. The minimum Gasteiger partial charge on any atom is -0.459 e. The van der Waals surface area contributed by atoms with Crippen LogP contribution in [0.4, 0.5) is 0 Å². The summed E-state index contributed by atoms with van der Waals surface area (Å²) in [5, 5.41) is 11.8. The van der Waals surface area contributed by atoms with Crippen molar-refractivity contribution in [2.24, 2.45) is 28.6 Å². The van der Waals surface area contributed by atoms with Crippen LogP contribution >= 0.6 is 0 Å². The maximum Gasteiger partial charge on any atom is 0.306 e. The Bertz CT molecular complexity index is 630. The van der Waals surface area contributed by atoms with E-state index < -0.39 is 5.60 Å². The summed E-state index contributed by atoms with van der Waals surface area (Å²) < 4.78 is 5.89. The number of ether oxygens (including phenoxy) is 1. The fourth-order valence-electron chi connectivity index (χ4n) is 7.52. The molecule has 4 fully saturated rings. The Kier molecular flexibility index (Phi) is 4.73. The van der Waals surface area contributed by atoms with Crippen LogP contribution in [0.5, 0.6) is 0 Å². The molecule has 0 bridgehead atoms. The van der Waals surface area contributed by atoms with Crippen LogP contribution in [0.1, 0.15) is 91.4 Å². The first kappa shape index (κ1) is 19.4. The van der Waals surface area contributed by atoms with E-state index in [0.717, 1.165) is 44.9 Å². The number of hydrogen-bond donors (Lipinski definition) is 1. The smallest absolute Gasteiger partial charge is 0.306 e. The number of fused-ring (bicyclic) bond motifs is 5. The van der Waals surface area contributed by atoms with Crippen LogP contribution in [0, 0.1) is 28.6 Å². The second kappa shape index (κ2) is 6.57. The summed E-state index contributed by atoms with van der Waals surface area (Å²) in [5.41, 5.74) is -1.30. The second-order valence-electron chi connectivity index (χ2n) is 10.4. The van der Waals surface area contributed by atoms with E-state index >= 15 is 0 Å². The quantitative estimate of drug-likeness (QED) is 0.582. The van der Waals surface area contributed by atoms with Crippen molar-refractivity contribution < 1.29 is 19.4 Å². The summed E-state index contributed by atoms with van der Waals surface area (Å²) in [6.07, 6.45) is 9.12. The van der Waals surface area contributed by atoms with E-state index in [1.165, 1.54) is 0 Å². The fourth-order valence-corrected chi connectivity index (χ4v) is 7.52. The first-order valence-corrected chi connectivity index (χ1v) is 11.2. The van der Waals surface area contributed by atoms with Crippen molar-refractivity contribution >= 4 is 11.8 Å². The van der Waals surface area contributed by atoms with Gasteiger partial charge in [0.2, 0.25) is 0 Å². The molecule has 3 saturated carbocycles. The molecule has 7 unspecified atom stereocenters. The number of carbonyl (C=O) groups is 2. The zero-order valence-electron chi connectivity index (χ0n) is 17.3. The Labute approximate surface area is 163 Å². The van der Waals surface area contributed by atoms with Gasteiger partial charge in [-0.2, -0.15) is 0 Å². The van der Waals surface area contributed by atoms with Crippen LogP contribution in [-0.4, -0.2) is 28.6 Å². The molecular weight excluding hydrogens is 340 g/mol. The number of ketones is 1. The summed E-state index contributed by atoms with van der Waals surface area (Å²) in [6.45, 7) is 6.60. The van der Waals surface area contributed by atoms with Gasteiger partial charge < -0.3 is 9.84 Å². The van der Waals surface area contributed by atoms with E-state index in [1.807, 2.05) is 0 Å². The summed E-state index contributed by atoms with van der Waals surface area (Å²) in [7, 11) is 0. The van der Waals surface area contributed by atoms with Gasteiger partial charge in [-0.3, -0.25) is 9.59 Å². The third kappa shape index (κ3) is 2.81. The number of unbranched alkanes of at least 4 members (excludes halogenated alkanes) is 2. The molecule has 0 aromatic heterocycles. The molecule has 4 nitrogen and oxygen atoms in total. The van der Waals surface area contributed by atoms with Crippen LogP contribution in [-0.2, 0) is 14.3 Å². The first-order chi connectivity index (χ1) is 12.7. The Hall–Kier alpha value is -0.900. The van der Waals surface area contributed by atoms with Crippen LogP contribution in [0.2, 0.25) is 0 Å². The molecule has 0 aromatic rings. The van der Waals surface area contributed by atoms with Gasteiger partial charge in [0.25, 0.3) is 0 Å². The van der Waals surface area contributed by atoms with Crippen molar-refractivity contribution in [1.29, 1.82) is 0 Å². The molecule has 3 aliphatic carbocycles. The fraction of sp³-hybridized carbons (Fsp3) is 0.913. The molecule has 0 radical (unpaired) electrons. The van der Waals surface area contributed by atoms with Crippen LogP contribution in [0.3, 0.4) is 0 Å². The van der Waals surface area contributed by atoms with Crippen molar-refractivity contribution in [3.05, 3.63) is 0 Å². The van der Waals surface area contributed by atoms with Gasteiger partial charge in [0.1, 0.15) is 17.5 Å². The molecule has 4 heteroatoms. The summed E-state index contributed by atoms with van der Waals surface area (Å²) >= 11 is 0. The highest BCUT2D eigenvalue weighted by molar-refractivity contribution is 5.87. The van der Waals surface area contributed by atoms with Crippen molar-refractivity contribution in [3.63, 3.8) is 0 Å². The lowest BCUT2D eigenvalue weighted by Gasteiger charge is -2.63. The molecule has 4 rings (SSSR count).